The van der Waals surface area contributed by atoms with Gasteiger partial charge in [-0.05, 0) is 48.6 Å². The van der Waals surface area contributed by atoms with Crippen LogP contribution in [-0.2, 0) is 14.3 Å². The molecule has 2 aromatic carbocycles. The lowest BCUT2D eigenvalue weighted by Crippen LogP contribution is -2.45. The van der Waals surface area contributed by atoms with Crippen molar-refractivity contribution in [2.24, 2.45) is 0 Å². The number of ether oxygens (including phenoxy) is 1. The number of rotatable bonds is 7. The molecule has 0 aromatic heterocycles. The molecule has 0 unspecified atom stereocenters. The molecule has 9 heteroatoms. The molecule has 2 aromatic rings. The monoisotopic (exact) mass is 456 g/mol. The highest BCUT2D eigenvalue weighted by atomic mass is 32.1. The maximum absolute atomic E-state index is 13.3. The molecule has 2 heterocycles. The standard InChI is InChI=1S/C23H25FN4O3S/c24-17-6-8-18(9-7-17)25-21(29)16-20-22(30)28(19-4-2-1-3-5-19)23(32)27(20)11-10-26-12-14-31-15-13-26/h1-9,20H,10-16H2,(H,25,29)/t20-/m0/s1. The van der Waals surface area contributed by atoms with E-state index >= 15 is 0 Å². The Morgan fingerprint density at radius 3 is 2.44 bits per heavy atom. The van der Waals surface area contributed by atoms with E-state index < -0.39 is 6.04 Å². The number of amides is 2. The molecule has 4 rings (SSSR count). The van der Waals surface area contributed by atoms with Crippen molar-refractivity contribution in [3.8, 4) is 0 Å². The molecule has 2 fully saturated rings. The van der Waals surface area contributed by atoms with Crippen LogP contribution < -0.4 is 10.2 Å². The number of para-hydroxylation sites is 1. The van der Waals surface area contributed by atoms with Crippen LogP contribution in [0.3, 0.4) is 0 Å². The van der Waals surface area contributed by atoms with Gasteiger partial charge in [0.15, 0.2) is 5.11 Å². The van der Waals surface area contributed by atoms with Gasteiger partial charge in [0, 0.05) is 31.9 Å². The van der Waals surface area contributed by atoms with Gasteiger partial charge in [-0.3, -0.25) is 19.4 Å². The van der Waals surface area contributed by atoms with Gasteiger partial charge in [0.25, 0.3) is 5.91 Å². The van der Waals surface area contributed by atoms with E-state index in [-0.39, 0.29) is 24.1 Å². The lowest BCUT2D eigenvalue weighted by atomic mass is 10.1. The van der Waals surface area contributed by atoms with Gasteiger partial charge in [-0.15, -0.1) is 0 Å². The molecule has 0 aliphatic carbocycles. The SMILES string of the molecule is O=C(C[C@H]1C(=O)N(c2ccccc2)C(=S)N1CCN1CCOCC1)Nc1ccc(F)cc1. The van der Waals surface area contributed by atoms with E-state index in [0.717, 1.165) is 19.6 Å². The molecule has 0 radical (unpaired) electrons. The number of carbonyl (C=O) groups excluding carboxylic acids is 2. The first-order valence-electron chi connectivity index (χ1n) is 10.6. The van der Waals surface area contributed by atoms with Gasteiger partial charge in [-0.1, -0.05) is 18.2 Å². The van der Waals surface area contributed by atoms with Crippen molar-refractivity contribution in [3.05, 3.63) is 60.4 Å². The number of hydrogen-bond acceptors (Lipinski definition) is 5. The molecule has 168 valence electrons. The van der Waals surface area contributed by atoms with Crippen LogP contribution in [0.25, 0.3) is 0 Å². The second kappa shape index (κ2) is 10.2. The van der Waals surface area contributed by atoms with Crippen LogP contribution in [0.5, 0.6) is 0 Å². The molecule has 0 spiro atoms. The lowest BCUT2D eigenvalue weighted by molar-refractivity contribution is -0.124. The zero-order valence-corrected chi connectivity index (χ0v) is 18.4. The number of carbonyl (C=O) groups is 2. The average Bonchev–Trinajstić information content (AvgIpc) is 3.04. The molecular weight excluding hydrogens is 431 g/mol. The van der Waals surface area contributed by atoms with Crippen molar-refractivity contribution in [1.82, 2.24) is 9.80 Å². The van der Waals surface area contributed by atoms with Crippen molar-refractivity contribution in [2.75, 3.05) is 49.6 Å². The van der Waals surface area contributed by atoms with Gasteiger partial charge in [0.2, 0.25) is 5.91 Å². The third-order valence-electron chi connectivity index (χ3n) is 5.60. The topological polar surface area (TPSA) is 65.1 Å². The predicted molar refractivity (Wildman–Crippen MR) is 124 cm³/mol. The number of nitrogens with one attached hydrogen (secondary N) is 1. The summed E-state index contributed by atoms with van der Waals surface area (Å²) in [5.74, 6) is -0.936. The largest absolute Gasteiger partial charge is 0.379 e. The highest BCUT2D eigenvalue weighted by Gasteiger charge is 2.44. The van der Waals surface area contributed by atoms with E-state index in [4.69, 9.17) is 17.0 Å². The van der Waals surface area contributed by atoms with Crippen molar-refractivity contribution in [2.45, 2.75) is 12.5 Å². The molecule has 0 saturated carbocycles. The number of morpholine rings is 1. The fourth-order valence-electron chi connectivity index (χ4n) is 3.90. The van der Waals surface area contributed by atoms with E-state index in [1.54, 1.807) is 0 Å². The van der Waals surface area contributed by atoms with Crippen LogP contribution in [0.4, 0.5) is 15.8 Å². The predicted octanol–water partition coefficient (Wildman–Crippen LogP) is 2.49. The minimum atomic E-state index is -0.704. The van der Waals surface area contributed by atoms with Crippen LogP contribution in [0.15, 0.2) is 54.6 Å². The molecular formula is C23H25FN4O3S. The molecule has 0 bridgehead atoms. The fourth-order valence-corrected chi connectivity index (χ4v) is 4.31. The number of benzene rings is 2. The summed E-state index contributed by atoms with van der Waals surface area (Å²) >= 11 is 5.68. The van der Waals surface area contributed by atoms with Gasteiger partial charge in [-0.25, -0.2) is 4.39 Å². The van der Waals surface area contributed by atoms with Gasteiger partial charge in [-0.2, -0.15) is 0 Å². The average molecular weight is 457 g/mol. The van der Waals surface area contributed by atoms with Crippen molar-refractivity contribution in [1.29, 1.82) is 0 Å². The Kier molecular flexibility index (Phi) is 7.09. The van der Waals surface area contributed by atoms with Crippen LogP contribution in [0, 0.1) is 5.82 Å². The summed E-state index contributed by atoms with van der Waals surface area (Å²) < 4.78 is 18.5. The lowest BCUT2D eigenvalue weighted by Gasteiger charge is -2.30. The summed E-state index contributed by atoms with van der Waals surface area (Å²) in [6.45, 7) is 4.27. The zero-order valence-electron chi connectivity index (χ0n) is 17.6. The first-order valence-corrected chi connectivity index (χ1v) is 11.0. The Hall–Kier alpha value is -2.88. The Balaban J connectivity index is 1.50. The minimum absolute atomic E-state index is 0.0528. The molecule has 7 nitrogen and oxygen atoms in total. The summed E-state index contributed by atoms with van der Waals surface area (Å²) in [6, 6.07) is 14.0. The van der Waals surface area contributed by atoms with Gasteiger partial charge in [0.05, 0.1) is 25.3 Å². The first-order chi connectivity index (χ1) is 15.5. The van der Waals surface area contributed by atoms with Crippen molar-refractivity contribution >= 4 is 40.5 Å². The van der Waals surface area contributed by atoms with Crippen LogP contribution in [0.2, 0.25) is 0 Å². The Morgan fingerprint density at radius 2 is 1.75 bits per heavy atom. The molecule has 32 heavy (non-hydrogen) atoms. The molecule has 2 aliphatic heterocycles. The highest BCUT2D eigenvalue weighted by molar-refractivity contribution is 7.80. The Labute approximate surface area is 191 Å². The third kappa shape index (κ3) is 5.12. The second-order valence-electron chi connectivity index (χ2n) is 7.71. The molecule has 2 saturated heterocycles. The quantitative estimate of drug-likeness (QED) is 0.646. The first kappa shape index (κ1) is 22.3. The summed E-state index contributed by atoms with van der Waals surface area (Å²) in [7, 11) is 0. The van der Waals surface area contributed by atoms with E-state index in [1.165, 1.54) is 29.2 Å². The molecule has 1 N–H and O–H groups in total. The van der Waals surface area contributed by atoms with Crippen LogP contribution in [-0.4, -0.2) is 72.2 Å². The minimum Gasteiger partial charge on any atom is -0.379 e. The maximum Gasteiger partial charge on any atom is 0.256 e. The maximum atomic E-state index is 13.3. The summed E-state index contributed by atoms with van der Waals surface area (Å²) in [6.07, 6.45) is -0.0528. The van der Waals surface area contributed by atoms with Crippen molar-refractivity contribution < 1.29 is 18.7 Å². The van der Waals surface area contributed by atoms with E-state index in [1.807, 2.05) is 35.2 Å². The number of hydrogen-bond donors (Lipinski definition) is 1. The van der Waals surface area contributed by atoms with Gasteiger partial charge in [0.1, 0.15) is 11.9 Å². The summed E-state index contributed by atoms with van der Waals surface area (Å²) in [4.78, 5) is 31.7. The Morgan fingerprint density at radius 1 is 1.06 bits per heavy atom. The third-order valence-corrected chi connectivity index (χ3v) is 6.02. The summed E-state index contributed by atoms with van der Waals surface area (Å²) in [5.41, 5.74) is 1.16. The zero-order chi connectivity index (χ0) is 22.5. The van der Waals surface area contributed by atoms with E-state index in [9.17, 15) is 14.0 Å². The van der Waals surface area contributed by atoms with Gasteiger partial charge < -0.3 is 15.0 Å². The van der Waals surface area contributed by atoms with E-state index in [0.29, 0.717) is 36.2 Å². The van der Waals surface area contributed by atoms with Crippen LogP contribution >= 0.6 is 12.2 Å². The fraction of sp³-hybridized carbons (Fsp3) is 0.348. The molecule has 2 amide bonds. The Bertz CT molecular complexity index is 967. The molecule has 1 atom stereocenters. The van der Waals surface area contributed by atoms with Crippen LogP contribution in [0.1, 0.15) is 6.42 Å². The smallest absolute Gasteiger partial charge is 0.256 e. The van der Waals surface area contributed by atoms with Gasteiger partial charge >= 0.3 is 0 Å². The normalized spacial score (nSPS) is 19.5. The number of anilines is 2. The molecule has 2 aliphatic rings. The number of thiocarbonyl (C=S) groups is 1. The highest BCUT2D eigenvalue weighted by Crippen LogP contribution is 2.27. The number of nitrogens with zero attached hydrogens (tertiary/aromatic N) is 3. The van der Waals surface area contributed by atoms with Crippen molar-refractivity contribution in [3.63, 3.8) is 0 Å². The number of halogens is 1. The van der Waals surface area contributed by atoms with E-state index in [2.05, 4.69) is 10.2 Å². The second-order valence-corrected chi connectivity index (χ2v) is 8.08. The summed E-state index contributed by atoms with van der Waals surface area (Å²) in [5, 5.41) is 3.14.